The third kappa shape index (κ3) is 11.2. The number of benzene rings is 1. The van der Waals surface area contributed by atoms with Gasteiger partial charge in [0.05, 0.1) is 11.5 Å². The van der Waals surface area contributed by atoms with Crippen molar-refractivity contribution >= 4 is 11.6 Å². The lowest BCUT2D eigenvalue weighted by molar-refractivity contribution is -0.385. The fraction of sp³-hybridized carbons (Fsp3) is 0.667. The molecule has 0 aromatic heterocycles. The first-order valence-corrected chi connectivity index (χ1v) is 10.5. The maximum absolute atomic E-state index is 12.2. The van der Waals surface area contributed by atoms with Crippen LogP contribution in [0.25, 0.3) is 0 Å². The Hall–Kier alpha value is -2.11. The molecule has 0 aliphatic heterocycles. The van der Waals surface area contributed by atoms with Crippen LogP contribution in [0.3, 0.4) is 0 Å². The molecule has 10 heteroatoms. The molecule has 0 atom stereocenters. The molecule has 0 radical (unpaired) electrons. The van der Waals surface area contributed by atoms with Crippen molar-refractivity contribution in [3.05, 3.63) is 38.9 Å². The second kappa shape index (κ2) is 16.6. The summed E-state index contributed by atoms with van der Waals surface area (Å²) in [6, 6.07) is 2.94. The van der Waals surface area contributed by atoms with E-state index >= 15 is 0 Å². The van der Waals surface area contributed by atoms with E-state index in [4.69, 9.17) is 24.7 Å². The second-order valence-electron chi connectivity index (χ2n) is 6.34. The van der Waals surface area contributed by atoms with Crippen molar-refractivity contribution in [3.63, 3.8) is 0 Å². The predicted molar refractivity (Wildman–Crippen MR) is 118 cm³/mol. The molecule has 0 aliphatic carbocycles. The van der Waals surface area contributed by atoms with Crippen LogP contribution in [0.4, 0.5) is 5.69 Å². The highest BCUT2D eigenvalue weighted by atomic mass is 16.7. The third-order valence-electron chi connectivity index (χ3n) is 4.09. The number of hydrogen-bond donors (Lipinski definition) is 2. The van der Waals surface area contributed by atoms with Crippen molar-refractivity contribution < 1.29 is 28.7 Å². The third-order valence-corrected chi connectivity index (χ3v) is 4.09. The molecule has 31 heavy (non-hydrogen) atoms. The van der Waals surface area contributed by atoms with E-state index in [1.54, 1.807) is 13.8 Å². The van der Waals surface area contributed by atoms with E-state index in [0.29, 0.717) is 33.0 Å². The van der Waals surface area contributed by atoms with Gasteiger partial charge < -0.3 is 30.0 Å². The first kappa shape index (κ1) is 28.9. The van der Waals surface area contributed by atoms with Crippen LogP contribution in [0, 0.1) is 24.0 Å². The first-order chi connectivity index (χ1) is 14.7. The lowest BCUT2D eigenvalue weighted by atomic mass is 10.0. The molecule has 3 N–H and O–H groups in total. The minimum Gasteiger partial charge on any atom is -0.352 e. The van der Waals surface area contributed by atoms with Crippen LogP contribution in [0.15, 0.2) is 12.1 Å². The van der Waals surface area contributed by atoms with Crippen LogP contribution < -0.4 is 11.1 Å². The molecule has 0 aliphatic rings. The molecule has 1 aromatic rings. The standard InChI is InChI=1S/C15H22N2O5.C6H15NO2/c1-5-21-14(22-6-2)9-16-15(18)12-7-10(3)11(4)8-13(12)17(19)20;1-3-8-6(5-7)9-4-2/h7-8,14H,5-6,9H2,1-4H3,(H,16,18);6H,3-5,7H2,1-2H3. The van der Waals surface area contributed by atoms with E-state index in [9.17, 15) is 14.9 Å². The van der Waals surface area contributed by atoms with Crippen molar-refractivity contribution in [2.24, 2.45) is 5.73 Å². The zero-order chi connectivity index (χ0) is 23.8. The lowest BCUT2D eigenvalue weighted by Crippen LogP contribution is -2.35. The molecule has 0 heterocycles. The van der Waals surface area contributed by atoms with E-state index in [-0.39, 0.29) is 24.1 Å². The van der Waals surface area contributed by atoms with Crippen molar-refractivity contribution in [2.45, 2.75) is 54.1 Å². The van der Waals surface area contributed by atoms with Gasteiger partial charge in [0.2, 0.25) is 0 Å². The van der Waals surface area contributed by atoms with Crippen molar-refractivity contribution in [1.29, 1.82) is 0 Å². The van der Waals surface area contributed by atoms with E-state index in [1.165, 1.54) is 12.1 Å². The van der Waals surface area contributed by atoms with Crippen molar-refractivity contribution in [2.75, 3.05) is 39.5 Å². The molecule has 0 saturated heterocycles. The highest BCUT2D eigenvalue weighted by Crippen LogP contribution is 2.23. The summed E-state index contributed by atoms with van der Waals surface area (Å²) in [7, 11) is 0. The number of amides is 1. The summed E-state index contributed by atoms with van der Waals surface area (Å²) in [5.41, 5.74) is 6.72. The van der Waals surface area contributed by atoms with E-state index in [0.717, 1.165) is 11.1 Å². The SMILES string of the molecule is CCOC(CN)OCC.CCOC(CNC(=O)c1cc(C)c(C)cc1[N+](=O)[O-])OCC. The number of ether oxygens (including phenoxy) is 4. The molecule has 178 valence electrons. The molecular weight excluding hydrogens is 406 g/mol. The number of carbonyl (C=O) groups is 1. The van der Waals surface area contributed by atoms with Gasteiger partial charge in [-0.05, 0) is 58.7 Å². The number of nitrogens with two attached hydrogens (primary N) is 1. The number of rotatable bonds is 13. The zero-order valence-electron chi connectivity index (χ0n) is 19.4. The van der Waals surface area contributed by atoms with Crippen LogP contribution in [0.1, 0.15) is 49.2 Å². The Bertz CT molecular complexity index is 659. The highest BCUT2D eigenvalue weighted by molar-refractivity contribution is 5.98. The van der Waals surface area contributed by atoms with E-state index in [2.05, 4.69) is 5.32 Å². The molecular formula is C21H37N3O7. The van der Waals surface area contributed by atoms with Crippen LogP contribution in [0.5, 0.6) is 0 Å². The summed E-state index contributed by atoms with van der Waals surface area (Å²) in [6.07, 6.45) is -0.774. The average Bonchev–Trinajstić information content (AvgIpc) is 2.73. The Morgan fingerprint density at radius 2 is 1.42 bits per heavy atom. The molecule has 1 amide bonds. The number of nitro groups is 1. The largest absolute Gasteiger partial charge is 0.352 e. The summed E-state index contributed by atoms with van der Waals surface area (Å²) < 4.78 is 20.8. The fourth-order valence-corrected chi connectivity index (χ4v) is 2.50. The molecule has 1 aromatic carbocycles. The normalized spacial score (nSPS) is 10.7. The van der Waals surface area contributed by atoms with Crippen LogP contribution in [-0.2, 0) is 18.9 Å². The Morgan fingerprint density at radius 1 is 0.968 bits per heavy atom. The summed E-state index contributed by atoms with van der Waals surface area (Å²) in [4.78, 5) is 22.8. The second-order valence-corrected chi connectivity index (χ2v) is 6.34. The van der Waals surface area contributed by atoms with Gasteiger partial charge in [0, 0.05) is 39.0 Å². The minimum absolute atomic E-state index is 0.0415. The van der Waals surface area contributed by atoms with Gasteiger partial charge in [-0.25, -0.2) is 0 Å². The fourth-order valence-electron chi connectivity index (χ4n) is 2.50. The Labute approximate surface area is 184 Å². The van der Waals surface area contributed by atoms with Gasteiger partial charge in [0.1, 0.15) is 5.56 Å². The Balaban J connectivity index is 0.000000842. The van der Waals surface area contributed by atoms with Crippen LogP contribution >= 0.6 is 0 Å². The minimum atomic E-state index is -0.565. The number of nitrogens with one attached hydrogen (secondary N) is 1. The molecule has 0 bridgehead atoms. The summed E-state index contributed by atoms with van der Waals surface area (Å²) in [6.45, 7) is 13.8. The van der Waals surface area contributed by atoms with Gasteiger partial charge in [-0.3, -0.25) is 14.9 Å². The van der Waals surface area contributed by atoms with Gasteiger partial charge in [0.25, 0.3) is 11.6 Å². The average molecular weight is 444 g/mol. The number of carbonyl (C=O) groups excluding carboxylic acids is 1. The van der Waals surface area contributed by atoms with Gasteiger partial charge in [-0.15, -0.1) is 0 Å². The van der Waals surface area contributed by atoms with E-state index in [1.807, 2.05) is 27.7 Å². The quantitative estimate of drug-likeness (QED) is 0.270. The maximum Gasteiger partial charge on any atom is 0.282 e. The number of nitrogens with zero attached hydrogens (tertiary/aromatic N) is 1. The lowest BCUT2D eigenvalue weighted by Gasteiger charge is -2.17. The van der Waals surface area contributed by atoms with Gasteiger partial charge >= 0.3 is 0 Å². The molecule has 0 fully saturated rings. The van der Waals surface area contributed by atoms with Gasteiger partial charge in [0.15, 0.2) is 12.6 Å². The molecule has 0 saturated carbocycles. The van der Waals surface area contributed by atoms with Crippen LogP contribution in [-0.4, -0.2) is 62.9 Å². The van der Waals surface area contributed by atoms with Gasteiger partial charge in [-0.1, -0.05) is 0 Å². The molecule has 1 rings (SSSR count). The maximum atomic E-state index is 12.2. The monoisotopic (exact) mass is 443 g/mol. The van der Waals surface area contributed by atoms with Crippen LogP contribution in [0.2, 0.25) is 0 Å². The first-order valence-electron chi connectivity index (χ1n) is 10.5. The molecule has 0 unspecified atom stereocenters. The smallest absolute Gasteiger partial charge is 0.282 e. The summed E-state index contributed by atoms with van der Waals surface area (Å²) in [5, 5.41) is 13.7. The van der Waals surface area contributed by atoms with E-state index < -0.39 is 17.1 Å². The summed E-state index contributed by atoms with van der Waals surface area (Å²) >= 11 is 0. The number of nitro benzene ring substituents is 1. The van der Waals surface area contributed by atoms with Crippen molar-refractivity contribution in [1.82, 2.24) is 5.32 Å². The predicted octanol–water partition coefficient (Wildman–Crippen LogP) is 2.68. The highest BCUT2D eigenvalue weighted by Gasteiger charge is 2.22. The molecule has 0 spiro atoms. The zero-order valence-corrected chi connectivity index (χ0v) is 19.4. The van der Waals surface area contributed by atoms with Gasteiger partial charge in [-0.2, -0.15) is 0 Å². The Morgan fingerprint density at radius 3 is 1.84 bits per heavy atom. The topological polar surface area (TPSA) is 135 Å². The Kier molecular flexibility index (Phi) is 15.4. The number of aryl methyl sites for hydroxylation is 2. The molecule has 10 nitrogen and oxygen atoms in total. The number of hydrogen-bond acceptors (Lipinski definition) is 8. The summed E-state index contributed by atoms with van der Waals surface area (Å²) in [5.74, 6) is -0.515. The van der Waals surface area contributed by atoms with Crippen molar-refractivity contribution in [3.8, 4) is 0 Å².